The number of halogens is 1. The molecule has 3 nitrogen and oxygen atoms in total. The summed E-state index contributed by atoms with van der Waals surface area (Å²) in [6.07, 6.45) is 3.30. The van der Waals surface area contributed by atoms with Gasteiger partial charge in [-0.1, -0.05) is 17.9 Å². The molecule has 0 radical (unpaired) electrons. The summed E-state index contributed by atoms with van der Waals surface area (Å²) in [5, 5.41) is 8.61. The maximum atomic E-state index is 13.9. The molecule has 0 saturated carbocycles. The zero-order chi connectivity index (χ0) is 14.4. The SMILES string of the molecule is CN(Cc1ccoc1)Cc1ccc(C#CCO)cc1F. The van der Waals surface area contributed by atoms with Crippen LogP contribution in [-0.2, 0) is 13.1 Å². The number of aliphatic hydroxyl groups excluding tert-OH is 1. The fraction of sp³-hybridized carbons (Fsp3) is 0.250. The first-order chi connectivity index (χ1) is 9.69. The molecular formula is C16H16FNO2. The second kappa shape index (κ2) is 6.90. The Bertz CT molecular complexity index is 611. The molecule has 0 fully saturated rings. The van der Waals surface area contributed by atoms with Crippen LogP contribution in [0, 0.1) is 17.7 Å². The minimum atomic E-state index is -0.284. The summed E-state index contributed by atoms with van der Waals surface area (Å²) in [6.45, 7) is 0.976. The van der Waals surface area contributed by atoms with Gasteiger partial charge >= 0.3 is 0 Å². The minimum absolute atomic E-state index is 0.225. The molecule has 0 atom stereocenters. The Morgan fingerprint density at radius 3 is 2.80 bits per heavy atom. The van der Waals surface area contributed by atoms with Crippen LogP contribution in [0.2, 0.25) is 0 Å². The first-order valence-electron chi connectivity index (χ1n) is 6.27. The maximum absolute atomic E-state index is 13.9. The summed E-state index contributed by atoms with van der Waals surface area (Å²) in [7, 11) is 1.92. The molecule has 0 aliphatic heterocycles. The van der Waals surface area contributed by atoms with Crippen molar-refractivity contribution in [2.24, 2.45) is 0 Å². The number of rotatable bonds is 4. The summed E-state index contributed by atoms with van der Waals surface area (Å²) in [5.41, 5.74) is 2.24. The average Bonchev–Trinajstić information content (AvgIpc) is 2.92. The highest BCUT2D eigenvalue weighted by Crippen LogP contribution is 2.13. The van der Waals surface area contributed by atoms with E-state index in [2.05, 4.69) is 11.8 Å². The standard InChI is InChI=1S/C16H16FNO2/c1-18(10-14-6-8-20-12-14)11-15-5-4-13(3-2-7-19)9-16(15)17/h4-6,8-9,12,19H,7,10-11H2,1H3. The molecule has 1 aromatic heterocycles. The van der Waals surface area contributed by atoms with Gasteiger partial charge in [-0.15, -0.1) is 0 Å². The molecular weight excluding hydrogens is 257 g/mol. The normalized spacial score (nSPS) is 10.4. The third-order valence-corrected chi connectivity index (χ3v) is 2.84. The van der Waals surface area contributed by atoms with Crippen molar-refractivity contribution in [2.75, 3.05) is 13.7 Å². The molecule has 1 aromatic carbocycles. The van der Waals surface area contributed by atoms with Gasteiger partial charge in [0.15, 0.2) is 0 Å². The summed E-state index contributed by atoms with van der Waals surface area (Å²) < 4.78 is 18.9. The molecule has 0 amide bonds. The third kappa shape index (κ3) is 3.95. The van der Waals surface area contributed by atoms with E-state index in [9.17, 15) is 4.39 Å². The first-order valence-corrected chi connectivity index (χ1v) is 6.27. The van der Waals surface area contributed by atoms with Crippen LogP contribution in [-0.4, -0.2) is 23.7 Å². The maximum Gasteiger partial charge on any atom is 0.128 e. The molecule has 4 heteroatoms. The molecule has 0 spiro atoms. The summed E-state index contributed by atoms with van der Waals surface area (Å²) in [5.74, 6) is 4.90. The number of nitrogens with zero attached hydrogens (tertiary/aromatic N) is 1. The van der Waals surface area contributed by atoms with Crippen molar-refractivity contribution in [3.05, 3.63) is 59.3 Å². The Labute approximate surface area is 117 Å². The Hall–Kier alpha value is -2.09. The largest absolute Gasteiger partial charge is 0.472 e. The number of benzene rings is 1. The van der Waals surface area contributed by atoms with Crippen molar-refractivity contribution in [3.8, 4) is 11.8 Å². The zero-order valence-electron chi connectivity index (χ0n) is 11.3. The van der Waals surface area contributed by atoms with Crippen LogP contribution in [0.3, 0.4) is 0 Å². The van der Waals surface area contributed by atoms with E-state index in [0.29, 0.717) is 24.2 Å². The predicted molar refractivity (Wildman–Crippen MR) is 74.2 cm³/mol. The highest BCUT2D eigenvalue weighted by Gasteiger charge is 2.07. The lowest BCUT2D eigenvalue weighted by Crippen LogP contribution is -2.17. The van der Waals surface area contributed by atoms with Crippen molar-refractivity contribution in [2.45, 2.75) is 13.1 Å². The van der Waals surface area contributed by atoms with E-state index >= 15 is 0 Å². The lowest BCUT2D eigenvalue weighted by molar-refractivity contribution is 0.312. The topological polar surface area (TPSA) is 36.6 Å². The summed E-state index contributed by atoms with van der Waals surface area (Å²) in [4.78, 5) is 2.00. The van der Waals surface area contributed by atoms with Gasteiger partial charge in [-0.3, -0.25) is 4.90 Å². The van der Waals surface area contributed by atoms with E-state index in [1.165, 1.54) is 6.07 Å². The van der Waals surface area contributed by atoms with Crippen LogP contribution in [0.25, 0.3) is 0 Å². The Kier molecular flexibility index (Phi) is 4.94. The van der Waals surface area contributed by atoms with Crippen LogP contribution in [0.1, 0.15) is 16.7 Å². The van der Waals surface area contributed by atoms with Crippen molar-refractivity contribution in [3.63, 3.8) is 0 Å². The van der Waals surface area contributed by atoms with Crippen molar-refractivity contribution in [1.29, 1.82) is 0 Å². The smallest absolute Gasteiger partial charge is 0.128 e. The molecule has 0 bridgehead atoms. The number of hydrogen-bond acceptors (Lipinski definition) is 3. The Morgan fingerprint density at radius 2 is 2.15 bits per heavy atom. The van der Waals surface area contributed by atoms with Crippen LogP contribution in [0.4, 0.5) is 4.39 Å². The minimum Gasteiger partial charge on any atom is -0.472 e. The molecule has 0 saturated heterocycles. The Balaban J connectivity index is 2.02. The van der Waals surface area contributed by atoms with Gasteiger partial charge in [0.25, 0.3) is 0 Å². The van der Waals surface area contributed by atoms with Crippen LogP contribution >= 0.6 is 0 Å². The van der Waals surface area contributed by atoms with Gasteiger partial charge in [0.1, 0.15) is 12.4 Å². The highest BCUT2D eigenvalue weighted by molar-refractivity contribution is 5.37. The van der Waals surface area contributed by atoms with E-state index in [1.807, 2.05) is 18.0 Å². The van der Waals surface area contributed by atoms with Crippen LogP contribution < -0.4 is 0 Å². The van der Waals surface area contributed by atoms with Crippen molar-refractivity contribution in [1.82, 2.24) is 4.90 Å². The van der Waals surface area contributed by atoms with Gasteiger partial charge in [0, 0.05) is 29.8 Å². The molecule has 104 valence electrons. The molecule has 1 heterocycles. The average molecular weight is 273 g/mol. The van der Waals surface area contributed by atoms with E-state index in [4.69, 9.17) is 9.52 Å². The van der Waals surface area contributed by atoms with E-state index in [0.717, 1.165) is 5.56 Å². The van der Waals surface area contributed by atoms with Gasteiger partial charge in [0.2, 0.25) is 0 Å². The van der Waals surface area contributed by atoms with Gasteiger partial charge in [-0.25, -0.2) is 4.39 Å². The van der Waals surface area contributed by atoms with Crippen molar-refractivity contribution < 1.29 is 13.9 Å². The van der Waals surface area contributed by atoms with Gasteiger partial charge in [-0.05, 0) is 25.2 Å². The molecule has 20 heavy (non-hydrogen) atoms. The van der Waals surface area contributed by atoms with E-state index in [1.54, 1.807) is 24.7 Å². The lowest BCUT2D eigenvalue weighted by Gasteiger charge is -2.16. The van der Waals surface area contributed by atoms with E-state index in [-0.39, 0.29) is 12.4 Å². The molecule has 2 rings (SSSR count). The third-order valence-electron chi connectivity index (χ3n) is 2.84. The first kappa shape index (κ1) is 14.3. The second-order valence-corrected chi connectivity index (χ2v) is 4.57. The fourth-order valence-electron chi connectivity index (χ4n) is 1.94. The fourth-order valence-corrected chi connectivity index (χ4v) is 1.94. The van der Waals surface area contributed by atoms with Crippen molar-refractivity contribution >= 4 is 0 Å². The zero-order valence-corrected chi connectivity index (χ0v) is 11.3. The number of hydrogen-bond donors (Lipinski definition) is 1. The monoisotopic (exact) mass is 273 g/mol. The van der Waals surface area contributed by atoms with Gasteiger partial charge in [0.05, 0.1) is 12.5 Å². The van der Waals surface area contributed by atoms with E-state index < -0.39 is 0 Å². The molecule has 1 N–H and O–H groups in total. The molecule has 0 unspecified atom stereocenters. The quantitative estimate of drug-likeness (QED) is 0.869. The lowest BCUT2D eigenvalue weighted by atomic mass is 10.1. The number of aliphatic hydroxyl groups is 1. The highest BCUT2D eigenvalue weighted by atomic mass is 19.1. The summed E-state index contributed by atoms with van der Waals surface area (Å²) in [6, 6.07) is 6.76. The van der Waals surface area contributed by atoms with Crippen LogP contribution in [0.15, 0.2) is 41.2 Å². The van der Waals surface area contributed by atoms with Gasteiger partial charge in [-0.2, -0.15) is 0 Å². The second-order valence-electron chi connectivity index (χ2n) is 4.57. The predicted octanol–water partition coefficient (Wildman–Crippen LogP) is 2.39. The van der Waals surface area contributed by atoms with Gasteiger partial charge < -0.3 is 9.52 Å². The summed E-state index contributed by atoms with van der Waals surface area (Å²) >= 11 is 0. The molecule has 0 aliphatic rings. The molecule has 2 aromatic rings. The van der Waals surface area contributed by atoms with Crippen LogP contribution in [0.5, 0.6) is 0 Å². The Morgan fingerprint density at radius 1 is 1.30 bits per heavy atom. The number of furan rings is 1. The molecule has 0 aliphatic carbocycles.